The lowest BCUT2D eigenvalue weighted by Crippen LogP contribution is -2.10. The zero-order valence-corrected chi connectivity index (χ0v) is 18.4. The Morgan fingerprint density at radius 3 is 2.67 bits per heavy atom. The highest BCUT2D eigenvalue weighted by Gasteiger charge is 2.14. The Morgan fingerprint density at radius 2 is 1.94 bits per heavy atom. The van der Waals surface area contributed by atoms with Crippen LogP contribution in [-0.2, 0) is 13.2 Å². The Labute approximate surface area is 197 Å². The van der Waals surface area contributed by atoms with Crippen molar-refractivity contribution in [3.05, 3.63) is 104 Å². The lowest BCUT2D eigenvalue weighted by atomic mass is 10.2. The topological polar surface area (TPSA) is 112 Å². The fourth-order valence-electron chi connectivity index (χ4n) is 2.93. The Morgan fingerprint density at radius 1 is 1.15 bits per heavy atom. The van der Waals surface area contributed by atoms with Gasteiger partial charge < -0.3 is 14.5 Å². The van der Waals surface area contributed by atoms with Gasteiger partial charge in [0.25, 0.3) is 11.6 Å². The molecule has 33 heavy (non-hydrogen) atoms. The molecule has 11 heteroatoms. The quantitative estimate of drug-likeness (QED) is 0.257. The maximum atomic E-state index is 12.5. The van der Waals surface area contributed by atoms with Crippen molar-refractivity contribution in [1.29, 1.82) is 0 Å². The summed E-state index contributed by atoms with van der Waals surface area (Å²) in [6.45, 7) is 0.518. The molecule has 9 nitrogen and oxygen atoms in total. The van der Waals surface area contributed by atoms with E-state index in [4.69, 9.17) is 32.4 Å². The van der Waals surface area contributed by atoms with Gasteiger partial charge in [-0.25, -0.2) is 0 Å². The minimum Gasteiger partial charge on any atom is -0.484 e. The van der Waals surface area contributed by atoms with E-state index in [0.29, 0.717) is 23.0 Å². The van der Waals surface area contributed by atoms with Crippen LogP contribution in [0.3, 0.4) is 0 Å². The van der Waals surface area contributed by atoms with E-state index in [2.05, 4.69) is 10.4 Å². The lowest BCUT2D eigenvalue weighted by molar-refractivity contribution is -0.384. The van der Waals surface area contributed by atoms with Crippen LogP contribution in [-0.4, -0.2) is 20.6 Å². The van der Waals surface area contributed by atoms with E-state index in [1.54, 1.807) is 29.1 Å². The van der Waals surface area contributed by atoms with Gasteiger partial charge in [0.15, 0.2) is 5.76 Å². The van der Waals surface area contributed by atoms with Crippen LogP contribution >= 0.6 is 23.2 Å². The van der Waals surface area contributed by atoms with Gasteiger partial charge in [-0.2, -0.15) is 5.10 Å². The van der Waals surface area contributed by atoms with Crippen molar-refractivity contribution in [2.24, 2.45) is 0 Å². The second-order valence-corrected chi connectivity index (χ2v) is 7.78. The van der Waals surface area contributed by atoms with Crippen molar-refractivity contribution < 1.29 is 18.9 Å². The maximum Gasteiger partial charge on any atom is 0.291 e. The number of rotatable bonds is 8. The molecule has 0 radical (unpaired) electrons. The molecular formula is C22H16Cl2N4O5. The molecule has 4 rings (SSSR count). The van der Waals surface area contributed by atoms with E-state index in [1.807, 2.05) is 12.1 Å². The lowest BCUT2D eigenvalue weighted by Gasteiger charge is -2.06. The molecule has 0 spiro atoms. The predicted octanol–water partition coefficient (Wildman–Crippen LogP) is 5.57. The van der Waals surface area contributed by atoms with Gasteiger partial charge >= 0.3 is 0 Å². The number of hydrogen-bond acceptors (Lipinski definition) is 6. The van der Waals surface area contributed by atoms with Crippen molar-refractivity contribution >= 4 is 40.5 Å². The number of hydrogen-bond donors (Lipinski definition) is 1. The number of furan rings is 1. The Hall–Kier alpha value is -3.82. The number of nitrogens with one attached hydrogen (secondary N) is 1. The van der Waals surface area contributed by atoms with Gasteiger partial charge in [-0.3, -0.25) is 19.6 Å². The summed E-state index contributed by atoms with van der Waals surface area (Å²) in [6, 6.07) is 14.4. The fraction of sp³-hybridized carbons (Fsp3) is 0.0909. The molecule has 2 aromatic carbocycles. The summed E-state index contributed by atoms with van der Waals surface area (Å²) in [5, 5.41) is 18.5. The first-order chi connectivity index (χ1) is 15.9. The van der Waals surface area contributed by atoms with E-state index < -0.39 is 10.8 Å². The van der Waals surface area contributed by atoms with Crippen LogP contribution in [0.5, 0.6) is 5.75 Å². The van der Waals surface area contributed by atoms with Crippen LogP contribution in [0, 0.1) is 10.1 Å². The number of aromatic nitrogens is 2. The molecule has 0 fully saturated rings. The van der Waals surface area contributed by atoms with Crippen LogP contribution in [0.15, 0.2) is 71.4 Å². The van der Waals surface area contributed by atoms with Crippen molar-refractivity contribution in [1.82, 2.24) is 9.78 Å². The highest BCUT2D eigenvalue weighted by atomic mass is 35.5. The van der Waals surface area contributed by atoms with Gasteiger partial charge in [0.2, 0.25) is 0 Å². The molecule has 0 saturated heterocycles. The van der Waals surface area contributed by atoms with Crippen LogP contribution in [0.4, 0.5) is 11.4 Å². The van der Waals surface area contributed by atoms with Gasteiger partial charge in [0.1, 0.15) is 18.1 Å². The minimum atomic E-state index is -0.547. The van der Waals surface area contributed by atoms with E-state index in [-0.39, 0.29) is 28.8 Å². The first kappa shape index (κ1) is 22.4. The molecule has 0 aliphatic heterocycles. The number of non-ortho nitro benzene ring substituents is 1. The number of carbonyl (C=O) groups excluding carboxylic acids is 1. The second-order valence-electron chi connectivity index (χ2n) is 6.93. The Kier molecular flexibility index (Phi) is 6.62. The van der Waals surface area contributed by atoms with E-state index >= 15 is 0 Å². The molecule has 1 amide bonds. The van der Waals surface area contributed by atoms with E-state index in [0.717, 1.165) is 5.56 Å². The van der Waals surface area contributed by atoms with Crippen LogP contribution < -0.4 is 10.1 Å². The summed E-state index contributed by atoms with van der Waals surface area (Å²) in [4.78, 5) is 22.7. The number of halogens is 2. The number of benzene rings is 2. The van der Waals surface area contributed by atoms with Gasteiger partial charge in [0.05, 0.1) is 28.4 Å². The number of ether oxygens (including phenoxy) is 1. The summed E-state index contributed by atoms with van der Waals surface area (Å²) in [5.41, 5.74) is 1.39. The molecule has 168 valence electrons. The molecule has 2 aromatic heterocycles. The van der Waals surface area contributed by atoms with Crippen molar-refractivity contribution in [3.8, 4) is 5.75 Å². The van der Waals surface area contributed by atoms with E-state index in [9.17, 15) is 14.9 Å². The van der Waals surface area contributed by atoms with Crippen molar-refractivity contribution in [2.45, 2.75) is 13.2 Å². The smallest absolute Gasteiger partial charge is 0.291 e. The average Bonchev–Trinajstić information content (AvgIpc) is 3.44. The fourth-order valence-corrected chi connectivity index (χ4v) is 3.29. The van der Waals surface area contributed by atoms with Crippen molar-refractivity contribution in [2.75, 3.05) is 5.32 Å². The SMILES string of the molecule is O=C(Nc1cnn(Cc2ccc(Cl)cc2)c1)c1ccc(COc2ccc([N+](=O)[O-])cc2Cl)o1. The number of amides is 1. The first-order valence-electron chi connectivity index (χ1n) is 9.61. The van der Waals surface area contributed by atoms with Gasteiger partial charge in [0, 0.05) is 23.4 Å². The molecule has 1 N–H and O–H groups in total. The molecule has 0 aliphatic carbocycles. The zero-order valence-electron chi connectivity index (χ0n) is 16.9. The molecule has 4 aromatic rings. The number of nitro groups is 1. The molecule has 0 bridgehead atoms. The van der Waals surface area contributed by atoms with E-state index in [1.165, 1.54) is 30.5 Å². The number of anilines is 1. The third kappa shape index (κ3) is 5.71. The molecule has 0 unspecified atom stereocenters. The first-order valence-corrected chi connectivity index (χ1v) is 10.4. The van der Waals surface area contributed by atoms with Gasteiger partial charge in [-0.15, -0.1) is 0 Å². The standard InChI is InChI=1S/C22H16Cl2N4O5/c23-15-3-1-14(2-4-15)11-27-12-16(10-25-27)26-22(29)21-8-6-18(33-21)13-32-20-7-5-17(28(30)31)9-19(20)24/h1-10,12H,11,13H2,(H,26,29). The molecular weight excluding hydrogens is 471 g/mol. The third-order valence-electron chi connectivity index (χ3n) is 4.53. The summed E-state index contributed by atoms with van der Waals surface area (Å²) < 4.78 is 12.8. The molecule has 0 atom stereocenters. The van der Waals surface area contributed by atoms with Crippen LogP contribution in [0.2, 0.25) is 10.0 Å². The second kappa shape index (κ2) is 9.76. The molecule has 0 saturated carbocycles. The molecule has 2 heterocycles. The highest BCUT2D eigenvalue weighted by molar-refractivity contribution is 6.32. The zero-order chi connectivity index (χ0) is 23.4. The van der Waals surface area contributed by atoms with Crippen LogP contribution in [0.25, 0.3) is 0 Å². The summed E-state index contributed by atoms with van der Waals surface area (Å²) in [5.74, 6) is 0.292. The predicted molar refractivity (Wildman–Crippen MR) is 122 cm³/mol. The van der Waals surface area contributed by atoms with Crippen LogP contribution in [0.1, 0.15) is 21.9 Å². The normalized spacial score (nSPS) is 10.7. The maximum absolute atomic E-state index is 12.5. The summed E-state index contributed by atoms with van der Waals surface area (Å²) in [6.07, 6.45) is 3.24. The highest BCUT2D eigenvalue weighted by Crippen LogP contribution is 2.29. The van der Waals surface area contributed by atoms with Gasteiger partial charge in [-0.1, -0.05) is 35.3 Å². The molecule has 0 aliphatic rings. The monoisotopic (exact) mass is 486 g/mol. The largest absolute Gasteiger partial charge is 0.484 e. The number of nitrogens with zero attached hydrogens (tertiary/aromatic N) is 3. The summed E-state index contributed by atoms with van der Waals surface area (Å²) >= 11 is 11.9. The third-order valence-corrected chi connectivity index (χ3v) is 5.08. The summed E-state index contributed by atoms with van der Waals surface area (Å²) in [7, 11) is 0. The van der Waals surface area contributed by atoms with Gasteiger partial charge in [-0.05, 0) is 35.9 Å². The Balaban J connectivity index is 1.33. The number of carbonyl (C=O) groups is 1. The average molecular weight is 487 g/mol. The number of nitro benzene ring substituents is 1. The minimum absolute atomic E-state index is 0.0101. The Bertz CT molecular complexity index is 1300. The van der Waals surface area contributed by atoms with Crippen molar-refractivity contribution in [3.63, 3.8) is 0 Å².